The van der Waals surface area contributed by atoms with Crippen molar-refractivity contribution in [2.24, 2.45) is 0 Å². The number of hydrogen-bond acceptors (Lipinski definition) is 4. The van der Waals surface area contributed by atoms with Gasteiger partial charge < -0.3 is 14.2 Å². The van der Waals surface area contributed by atoms with Crippen LogP contribution in [0.1, 0.15) is 0 Å². The first-order chi connectivity index (χ1) is 19.0. The molecule has 0 unspecified atom stereocenters. The summed E-state index contributed by atoms with van der Waals surface area (Å²) in [6.07, 6.45) is -15.4. The van der Waals surface area contributed by atoms with Gasteiger partial charge in [-0.25, -0.2) is 13.8 Å². The van der Waals surface area contributed by atoms with Gasteiger partial charge in [0.1, 0.15) is 28.6 Å². The Morgan fingerprint density at radius 2 is 0.780 bits per heavy atom. The Labute approximate surface area is 222 Å². The molecule has 41 heavy (non-hydrogen) atoms. The Morgan fingerprint density at radius 1 is 0.463 bits per heavy atom. The van der Waals surface area contributed by atoms with Crippen LogP contribution < -0.4 is 14.2 Å². The number of aromatic nitrogens is 1. The van der Waals surface area contributed by atoms with Crippen LogP contribution in [0.15, 0.2) is 72.8 Å². The number of benzene rings is 3. The molecule has 216 valence electrons. The molecule has 0 atom stereocenters. The fraction of sp³-hybridized carbons (Fsp3) is 0.115. The Balaban J connectivity index is 1.96. The third-order valence-electron chi connectivity index (χ3n) is 5.12. The quantitative estimate of drug-likeness (QED) is 0.209. The van der Waals surface area contributed by atoms with Gasteiger partial charge in [-0.2, -0.15) is 0 Å². The Kier molecular flexibility index (Phi) is 7.74. The molecule has 4 nitrogen and oxygen atoms in total. The van der Waals surface area contributed by atoms with Gasteiger partial charge in [-0.1, -0.05) is 36.4 Å². The molecule has 4 aromatic rings. The minimum atomic E-state index is -5.16. The molecule has 4 rings (SSSR count). The summed E-state index contributed by atoms with van der Waals surface area (Å²) in [6.45, 7) is 0. The lowest BCUT2D eigenvalue weighted by molar-refractivity contribution is -0.275. The molecular formula is C26H12F11NO3. The summed E-state index contributed by atoms with van der Waals surface area (Å²) in [5, 5.41) is 0. The molecule has 0 aliphatic heterocycles. The number of halogens is 11. The average Bonchev–Trinajstić information content (AvgIpc) is 2.82. The van der Waals surface area contributed by atoms with E-state index < -0.39 is 81.6 Å². The van der Waals surface area contributed by atoms with Crippen LogP contribution in [0, 0.1) is 11.6 Å². The second-order valence-electron chi connectivity index (χ2n) is 8.04. The molecule has 0 N–H and O–H groups in total. The van der Waals surface area contributed by atoms with Crippen molar-refractivity contribution < 1.29 is 62.5 Å². The van der Waals surface area contributed by atoms with E-state index in [0.717, 1.165) is 54.6 Å². The maximum Gasteiger partial charge on any atom is 0.573 e. The maximum absolute atomic E-state index is 15.8. The molecule has 0 radical (unpaired) electrons. The molecule has 0 amide bonds. The molecule has 15 heteroatoms. The number of nitrogens with zero attached hydrogens (tertiary/aromatic N) is 1. The molecule has 0 aliphatic carbocycles. The van der Waals surface area contributed by atoms with Crippen LogP contribution in [0.5, 0.6) is 17.2 Å². The second kappa shape index (κ2) is 10.8. The smallest absolute Gasteiger partial charge is 0.406 e. The lowest BCUT2D eigenvalue weighted by atomic mass is 9.98. The monoisotopic (exact) mass is 595 g/mol. The number of hydrogen-bond donors (Lipinski definition) is 0. The van der Waals surface area contributed by atoms with Crippen LogP contribution in [0.2, 0.25) is 0 Å². The zero-order chi connectivity index (χ0) is 30.2. The van der Waals surface area contributed by atoms with E-state index in [1.807, 2.05) is 0 Å². The third-order valence-corrected chi connectivity index (χ3v) is 5.12. The zero-order valence-corrected chi connectivity index (χ0v) is 19.8. The number of ether oxygens (including phenoxy) is 3. The lowest BCUT2D eigenvalue weighted by Crippen LogP contribution is -2.17. The van der Waals surface area contributed by atoms with Gasteiger partial charge in [0.2, 0.25) is 0 Å². The third kappa shape index (κ3) is 7.55. The summed E-state index contributed by atoms with van der Waals surface area (Å²) in [7, 11) is 0. The van der Waals surface area contributed by atoms with Crippen molar-refractivity contribution in [1.29, 1.82) is 0 Å². The summed E-state index contributed by atoms with van der Waals surface area (Å²) in [5.41, 5.74) is -3.89. The van der Waals surface area contributed by atoms with Gasteiger partial charge in [0.15, 0.2) is 11.6 Å². The van der Waals surface area contributed by atoms with Crippen LogP contribution in [0.4, 0.5) is 48.3 Å². The largest absolute Gasteiger partial charge is 0.573 e. The van der Waals surface area contributed by atoms with Gasteiger partial charge in [0.25, 0.3) is 0 Å². The van der Waals surface area contributed by atoms with Gasteiger partial charge in [-0.05, 0) is 42.0 Å². The van der Waals surface area contributed by atoms with E-state index in [2.05, 4.69) is 19.2 Å². The number of rotatable bonds is 6. The van der Waals surface area contributed by atoms with Gasteiger partial charge in [-0.3, -0.25) is 0 Å². The highest BCUT2D eigenvalue weighted by molar-refractivity contribution is 5.79. The Bertz CT molecular complexity index is 1480. The van der Waals surface area contributed by atoms with Crippen LogP contribution in [0.3, 0.4) is 0 Å². The highest BCUT2D eigenvalue weighted by Crippen LogP contribution is 2.40. The molecule has 0 aliphatic rings. The Hall–Kier alpha value is -4.56. The lowest BCUT2D eigenvalue weighted by Gasteiger charge is -2.16. The first kappa shape index (κ1) is 29.4. The highest BCUT2D eigenvalue weighted by Gasteiger charge is 2.34. The van der Waals surface area contributed by atoms with E-state index in [4.69, 9.17) is 0 Å². The molecule has 0 spiro atoms. The normalized spacial score (nSPS) is 12.3. The van der Waals surface area contributed by atoms with Crippen molar-refractivity contribution in [2.45, 2.75) is 19.1 Å². The van der Waals surface area contributed by atoms with E-state index in [-0.39, 0.29) is 0 Å². The SMILES string of the molecule is Fc1c(-c2cccc(OC(F)(F)F)c2)nc(-c2cccc(OC(F)(F)F)c2)c(F)c1-c1cccc(OC(F)(F)F)c1. The predicted octanol–water partition coefficient (Wildman–Crippen LogP) is 9.06. The average molecular weight is 595 g/mol. The van der Waals surface area contributed by atoms with Gasteiger partial charge in [0, 0.05) is 11.1 Å². The van der Waals surface area contributed by atoms with E-state index in [9.17, 15) is 39.5 Å². The van der Waals surface area contributed by atoms with Crippen LogP contribution in [-0.4, -0.2) is 24.1 Å². The van der Waals surface area contributed by atoms with Crippen molar-refractivity contribution in [3.05, 3.63) is 84.4 Å². The summed E-state index contributed by atoms with van der Waals surface area (Å²) < 4.78 is 158. The van der Waals surface area contributed by atoms with E-state index in [0.29, 0.717) is 18.2 Å². The van der Waals surface area contributed by atoms with E-state index in [1.165, 1.54) is 0 Å². The van der Waals surface area contributed by atoms with Crippen molar-refractivity contribution in [3.8, 4) is 50.9 Å². The van der Waals surface area contributed by atoms with Gasteiger partial charge in [-0.15, -0.1) is 39.5 Å². The van der Waals surface area contributed by atoms with Crippen LogP contribution in [-0.2, 0) is 0 Å². The van der Waals surface area contributed by atoms with Crippen molar-refractivity contribution in [1.82, 2.24) is 4.98 Å². The van der Waals surface area contributed by atoms with Crippen molar-refractivity contribution >= 4 is 0 Å². The molecule has 1 heterocycles. The molecule has 1 aromatic heterocycles. The second-order valence-corrected chi connectivity index (χ2v) is 8.04. The van der Waals surface area contributed by atoms with Crippen molar-refractivity contribution in [2.75, 3.05) is 0 Å². The standard InChI is InChI=1S/C26H12F11NO3/c27-20-19(13-4-1-7-16(10-13)39-24(29,30)31)21(28)23(15-6-3-9-18(12-15)41-26(35,36)37)38-22(20)14-5-2-8-17(11-14)40-25(32,33)34/h1-12H. The zero-order valence-electron chi connectivity index (χ0n) is 19.8. The van der Waals surface area contributed by atoms with Gasteiger partial charge >= 0.3 is 19.1 Å². The van der Waals surface area contributed by atoms with Crippen molar-refractivity contribution in [3.63, 3.8) is 0 Å². The Morgan fingerprint density at radius 3 is 1.12 bits per heavy atom. The summed E-state index contributed by atoms with van der Waals surface area (Å²) >= 11 is 0. The van der Waals surface area contributed by atoms with Crippen LogP contribution in [0.25, 0.3) is 33.6 Å². The molecule has 0 fully saturated rings. The fourth-order valence-electron chi connectivity index (χ4n) is 3.71. The molecule has 0 saturated heterocycles. The maximum atomic E-state index is 15.8. The highest BCUT2D eigenvalue weighted by atomic mass is 19.4. The molecular weight excluding hydrogens is 583 g/mol. The first-order valence-corrected chi connectivity index (χ1v) is 11.0. The van der Waals surface area contributed by atoms with E-state index >= 15 is 8.78 Å². The summed E-state index contributed by atoms with van der Waals surface area (Å²) in [5.74, 6) is -5.52. The minimum Gasteiger partial charge on any atom is -0.406 e. The fourth-order valence-corrected chi connectivity index (χ4v) is 3.71. The number of pyridine rings is 1. The first-order valence-electron chi connectivity index (χ1n) is 11.0. The summed E-state index contributed by atoms with van der Waals surface area (Å²) in [6, 6.07) is 10.8. The molecule has 3 aromatic carbocycles. The molecule has 0 saturated carbocycles. The predicted molar refractivity (Wildman–Crippen MR) is 121 cm³/mol. The van der Waals surface area contributed by atoms with E-state index in [1.54, 1.807) is 0 Å². The number of alkyl halides is 9. The summed E-state index contributed by atoms with van der Waals surface area (Å²) in [4.78, 5) is 3.82. The minimum absolute atomic E-state index is 0.392. The van der Waals surface area contributed by atoms with Gasteiger partial charge in [0.05, 0.1) is 5.56 Å². The molecule has 0 bridgehead atoms. The topological polar surface area (TPSA) is 40.6 Å². The van der Waals surface area contributed by atoms with Crippen LogP contribution >= 0.6 is 0 Å².